The van der Waals surface area contributed by atoms with Gasteiger partial charge in [-0.05, 0) is 50.4 Å². The maximum Gasteiger partial charge on any atom is 0.338 e. The smallest absolute Gasteiger partial charge is 0.338 e. The van der Waals surface area contributed by atoms with E-state index in [1.807, 2.05) is 17.5 Å². The van der Waals surface area contributed by atoms with E-state index in [2.05, 4.69) is 10.0 Å². The molecule has 2 N–H and O–H groups in total. The predicted octanol–water partition coefficient (Wildman–Crippen LogP) is 2.31. The molecule has 1 aromatic carbocycles. The molecule has 1 heterocycles. The van der Waals surface area contributed by atoms with Crippen molar-refractivity contribution < 1.29 is 27.5 Å². The quantitative estimate of drug-likeness (QED) is 0.579. The van der Waals surface area contributed by atoms with Gasteiger partial charge in [-0.15, -0.1) is 11.3 Å². The van der Waals surface area contributed by atoms with Crippen LogP contribution in [0.2, 0.25) is 0 Å². The molecule has 0 saturated heterocycles. The maximum atomic E-state index is 12.5. The van der Waals surface area contributed by atoms with Crippen LogP contribution in [0, 0.1) is 0 Å². The first kappa shape index (κ1) is 22.9. The van der Waals surface area contributed by atoms with Crippen LogP contribution in [0.3, 0.4) is 0 Å². The van der Waals surface area contributed by atoms with E-state index in [1.165, 1.54) is 43.6 Å². The second kappa shape index (κ2) is 9.86. The van der Waals surface area contributed by atoms with Crippen LogP contribution in [0.15, 0.2) is 40.6 Å². The molecule has 0 aliphatic heterocycles. The highest BCUT2D eigenvalue weighted by molar-refractivity contribution is 7.89. The van der Waals surface area contributed by atoms with Crippen LogP contribution in [0.4, 0.5) is 0 Å². The zero-order chi connectivity index (χ0) is 21.6. The van der Waals surface area contributed by atoms with E-state index in [9.17, 15) is 18.0 Å². The van der Waals surface area contributed by atoms with E-state index in [-0.39, 0.29) is 22.3 Å². The number of nitrogens with one attached hydrogen (secondary N) is 2. The number of methoxy groups -OCH3 is 1. The number of hydrogen-bond acceptors (Lipinski definition) is 7. The standard InChI is InChI=1S/C19H24N2O6S2/c1-12(2)21-29(24,25)17-10-14(7-8-16(17)26-4)19(23)27-13(3)18(22)20-11-15-6-5-9-28-15/h5-10,12-13,21H,11H2,1-4H3,(H,20,22). The Balaban J connectivity index is 2.11. The topological polar surface area (TPSA) is 111 Å². The molecule has 1 amide bonds. The number of esters is 1. The predicted molar refractivity (Wildman–Crippen MR) is 109 cm³/mol. The third-order valence-electron chi connectivity index (χ3n) is 3.75. The number of carbonyl (C=O) groups is 2. The molecule has 0 saturated carbocycles. The monoisotopic (exact) mass is 440 g/mol. The highest BCUT2D eigenvalue weighted by Crippen LogP contribution is 2.25. The molecule has 0 fully saturated rings. The lowest BCUT2D eigenvalue weighted by Gasteiger charge is -2.15. The molecule has 0 aliphatic rings. The van der Waals surface area contributed by atoms with Crippen LogP contribution in [-0.2, 0) is 26.1 Å². The fourth-order valence-electron chi connectivity index (χ4n) is 2.40. The minimum atomic E-state index is -3.90. The molecule has 2 rings (SSSR count). The van der Waals surface area contributed by atoms with Crippen molar-refractivity contribution in [2.75, 3.05) is 7.11 Å². The van der Waals surface area contributed by atoms with Gasteiger partial charge < -0.3 is 14.8 Å². The normalized spacial score (nSPS) is 12.4. The molecule has 1 atom stereocenters. The fraction of sp³-hybridized carbons (Fsp3) is 0.368. The van der Waals surface area contributed by atoms with Gasteiger partial charge in [-0.1, -0.05) is 6.07 Å². The summed E-state index contributed by atoms with van der Waals surface area (Å²) in [6.07, 6.45) is -1.04. The van der Waals surface area contributed by atoms with Crippen molar-refractivity contribution in [3.05, 3.63) is 46.2 Å². The first-order valence-electron chi connectivity index (χ1n) is 8.85. The summed E-state index contributed by atoms with van der Waals surface area (Å²) in [5, 5.41) is 4.58. The van der Waals surface area contributed by atoms with Crippen LogP contribution in [0.5, 0.6) is 5.75 Å². The molecule has 8 nitrogen and oxygen atoms in total. The number of benzene rings is 1. The summed E-state index contributed by atoms with van der Waals surface area (Å²) >= 11 is 1.50. The van der Waals surface area contributed by atoms with Crippen molar-refractivity contribution in [2.45, 2.75) is 44.4 Å². The van der Waals surface area contributed by atoms with Crippen molar-refractivity contribution in [2.24, 2.45) is 0 Å². The van der Waals surface area contributed by atoms with Gasteiger partial charge in [0, 0.05) is 10.9 Å². The van der Waals surface area contributed by atoms with E-state index in [4.69, 9.17) is 9.47 Å². The van der Waals surface area contributed by atoms with E-state index in [1.54, 1.807) is 13.8 Å². The zero-order valence-electron chi connectivity index (χ0n) is 16.6. The van der Waals surface area contributed by atoms with Gasteiger partial charge >= 0.3 is 5.97 Å². The Morgan fingerprint density at radius 2 is 1.90 bits per heavy atom. The molecular weight excluding hydrogens is 416 g/mol. The van der Waals surface area contributed by atoms with Gasteiger partial charge in [-0.2, -0.15) is 0 Å². The number of hydrogen-bond donors (Lipinski definition) is 2. The lowest BCUT2D eigenvalue weighted by atomic mass is 10.2. The van der Waals surface area contributed by atoms with Gasteiger partial charge in [0.05, 0.1) is 19.2 Å². The summed E-state index contributed by atoms with van der Waals surface area (Å²) < 4.78 is 37.8. The van der Waals surface area contributed by atoms with Crippen LogP contribution in [0.1, 0.15) is 36.0 Å². The highest BCUT2D eigenvalue weighted by Gasteiger charge is 2.24. The number of carbonyl (C=O) groups excluding carboxylic acids is 2. The van der Waals surface area contributed by atoms with Crippen molar-refractivity contribution in [3.63, 3.8) is 0 Å². The molecular formula is C19H24N2O6S2. The molecule has 0 radical (unpaired) electrons. The Morgan fingerprint density at radius 1 is 1.17 bits per heavy atom. The van der Waals surface area contributed by atoms with E-state index < -0.39 is 28.0 Å². The Kier molecular flexibility index (Phi) is 7.77. The second-order valence-corrected chi connectivity index (χ2v) is 9.20. The van der Waals surface area contributed by atoms with Crippen LogP contribution < -0.4 is 14.8 Å². The van der Waals surface area contributed by atoms with E-state index in [0.29, 0.717) is 6.54 Å². The third kappa shape index (κ3) is 6.28. The third-order valence-corrected chi connectivity index (χ3v) is 6.31. The van der Waals surface area contributed by atoms with Gasteiger partial charge in [-0.25, -0.2) is 17.9 Å². The van der Waals surface area contributed by atoms with Crippen molar-refractivity contribution >= 4 is 33.2 Å². The van der Waals surface area contributed by atoms with Gasteiger partial charge in [0.25, 0.3) is 5.91 Å². The SMILES string of the molecule is COc1ccc(C(=O)OC(C)C(=O)NCc2cccs2)cc1S(=O)(=O)NC(C)C. The molecule has 29 heavy (non-hydrogen) atoms. The van der Waals surface area contributed by atoms with E-state index >= 15 is 0 Å². The lowest BCUT2D eigenvalue weighted by molar-refractivity contribution is -0.129. The van der Waals surface area contributed by atoms with Gasteiger partial charge in [0.1, 0.15) is 10.6 Å². The Bertz CT molecular complexity index is 955. The summed E-state index contributed by atoms with van der Waals surface area (Å²) in [5.41, 5.74) is -0.00663. The van der Waals surface area contributed by atoms with Crippen molar-refractivity contribution in [1.29, 1.82) is 0 Å². The summed E-state index contributed by atoms with van der Waals surface area (Å²) in [7, 11) is -2.56. The maximum absolute atomic E-state index is 12.5. The van der Waals surface area contributed by atoms with Crippen LogP contribution >= 0.6 is 11.3 Å². The van der Waals surface area contributed by atoms with Crippen LogP contribution in [0.25, 0.3) is 0 Å². The first-order chi connectivity index (χ1) is 13.6. The van der Waals surface area contributed by atoms with Gasteiger partial charge in [-0.3, -0.25) is 4.79 Å². The summed E-state index contributed by atoms with van der Waals surface area (Å²) in [6, 6.07) is 7.33. The Labute approximate surface area is 174 Å². The minimum Gasteiger partial charge on any atom is -0.495 e. The average Bonchev–Trinajstić information content (AvgIpc) is 3.18. The molecule has 1 aromatic heterocycles. The molecule has 158 valence electrons. The van der Waals surface area contributed by atoms with Crippen molar-refractivity contribution in [1.82, 2.24) is 10.0 Å². The highest BCUT2D eigenvalue weighted by atomic mass is 32.2. The molecule has 0 bridgehead atoms. The Morgan fingerprint density at radius 3 is 2.48 bits per heavy atom. The molecule has 2 aromatic rings. The average molecular weight is 441 g/mol. The lowest BCUT2D eigenvalue weighted by Crippen LogP contribution is -2.35. The molecule has 0 spiro atoms. The molecule has 10 heteroatoms. The van der Waals surface area contributed by atoms with E-state index in [0.717, 1.165) is 4.88 Å². The van der Waals surface area contributed by atoms with Crippen LogP contribution in [-0.4, -0.2) is 39.5 Å². The van der Waals surface area contributed by atoms with Crippen molar-refractivity contribution in [3.8, 4) is 5.75 Å². The number of amides is 1. The zero-order valence-corrected chi connectivity index (χ0v) is 18.2. The first-order valence-corrected chi connectivity index (χ1v) is 11.2. The summed E-state index contributed by atoms with van der Waals surface area (Å²) in [5.74, 6) is -1.17. The number of rotatable bonds is 9. The molecule has 1 unspecified atom stereocenters. The summed E-state index contributed by atoms with van der Waals surface area (Å²) in [6.45, 7) is 5.14. The summed E-state index contributed by atoms with van der Waals surface area (Å²) in [4.78, 5) is 25.4. The molecule has 0 aliphatic carbocycles. The number of thiophene rings is 1. The largest absolute Gasteiger partial charge is 0.495 e. The number of sulfonamides is 1. The Hall–Kier alpha value is -2.43. The second-order valence-electron chi connectivity index (χ2n) is 6.49. The van der Waals surface area contributed by atoms with Gasteiger partial charge in [0.15, 0.2) is 6.10 Å². The number of ether oxygens (including phenoxy) is 2. The minimum absolute atomic E-state index is 0.00663. The van der Waals surface area contributed by atoms with Gasteiger partial charge in [0.2, 0.25) is 10.0 Å². The fourth-order valence-corrected chi connectivity index (χ4v) is 4.49.